The number of halogens is 1. The molecule has 4 rings (SSSR count). The average Bonchev–Trinajstić information content (AvgIpc) is 2.98. The van der Waals surface area contributed by atoms with Crippen molar-refractivity contribution in [2.24, 2.45) is 0 Å². The first kappa shape index (κ1) is 30.4. The minimum Gasteiger partial charge on any atom is -0.508 e. The molecule has 2 atom stereocenters. The SMILES string of the molecule is Cc1ccc(NC(=O)O[C@@H](c2cc(I)ccc2O)[C@H](CC/C=C/C(=O)Nc2ccccc2N)Oc2ccccc2)cc1. The van der Waals surface area contributed by atoms with Gasteiger partial charge in [0.2, 0.25) is 5.91 Å². The van der Waals surface area contributed by atoms with Crippen LogP contribution in [0.2, 0.25) is 0 Å². The van der Waals surface area contributed by atoms with Gasteiger partial charge in [-0.3, -0.25) is 10.1 Å². The molecule has 0 saturated heterocycles. The Kier molecular flexibility index (Phi) is 10.8. The maximum absolute atomic E-state index is 13.1. The van der Waals surface area contributed by atoms with Crippen molar-refractivity contribution in [3.05, 3.63) is 124 Å². The Balaban J connectivity index is 1.56. The van der Waals surface area contributed by atoms with Gasteiger partial charge in [-0.05, 0) is 103 Å². The molecule has 0 fully saturated rings. The first-order chi connectivity index (χ1) is 20.3. The van der Waals surface area contributed by atoms with E-state index in [1.807, 2.05) is 37.3 Å². The van der Waals surface area contributed by atoms with Crippen LogP contribution >= 0.6 is 22.6 Å². The number of hydrogen-bond donors (Lipinski definition) is 4. The summed E-state index contributed by atoms with van der Waals surface area (Å²) < 4.78 is 13.1. The number of nitrogens with one attached hydrogen (secondary N) is 2. The van der Waals surface area contributed by atoms with Crippen molar-refractivity contribution in [3.63, 3.8) is 0 Å². The van der Waals surface area contributed by atoms with Gasteiger partial charge in [0.05, 0.1) is 11.4 Å². The number of carbonyl (C=O) groups is 2. The zero-order valence-electron chi connectivity index (χ0n) is 23.0. The van der Waals surface area contributed by atoms with E-state index in [-0.39, 0.29) is 11.7 Å². The zero-order valence-corrected chi connectivity index (χ0v) is 25.2. The molecule has 0 unspecified atom stereocenters. The Morgan fingerprint density at radius 2 is 1.67 bits per heavy atom. The molecule has 4 aromatic carbocycles. The van der Waals surface area contributed by atoms with E-state index in [0.29, 0.717) is 41.2 Å². The number of phenolic OH excluding ortho intramolecular Hbond substituents is 1. The van der Waals surface area contributed by atoms with E-state index in [4.69, 9.17) is 15.2 Å². The molecule has 9 heteroatoms. The highest BCUT2D eigenvalue weighted by atomic mass is 127. The molecule has 0 saturated carbocycles. The monoisotopic (exact) mass is 677 g/mol. The molecule has 0 heterocycles. The number of phenols is 1. The van der Waals surface area contributed by atoms with Crippen molar-refractivity contribution in [3.8, 4) is 11.5 Å². The second kappa shape index (κ2) is 14.9. The largest absolute Gasteiger partial charge is 0.508 e. The van der Waals surface area contributed by atoms with Gasteiger partial charge in [0, 0.05) is 14.8 Å². The number of nitrogen functional groups attached to an aromatic ring is 1. The second-order valence-electron chi connectivity index (χ2n) is 9.55. The number of aryl methyl sites for hydroxylation is 1. The third-order valence-electron chi connectivity index (χ3n) is 6.30. The number of rotatable bonds is 11. The molecule has 4 aromatic rings. The van der Waals surface area contributed by atoms with E-state index in [1.165, 1.54) is 6.08 Å². The number of nitrogens with two attached hydrogens (primary N) is 1. The molecule has 216 valence electrons. The molecular weight excluding hydrogens is 645 g/mol. The zero-order chi connectivity index (χ0) is 29.9. The smallest absolute Gasteiger partial charge is 0.412 e. The van der Waals surface area contributed by atoms with Crippen molar-refractivity contribution >= 4 is 51.7 Å². The van der Waals surface area contributed by atoms with Crippen molar-refractivity contribution in [1.82, 2.24) is 0 Å². The Bertz CT molecular complexity index is 1530. The van der Waals surface area contributed by atoms with Crippen LogP contribution in [0.3, 0.4) is 0 Å². The lowest BCUT2D eigenvalue weighted by Gasteiger charge is -2.28. The summed E-state index contributed by atoms with van der Waals surface area (Å²) in [6.07, 6.45) is 1.54. The third kappa shape index (κ3) is 9.00. The van der Waals surface area contributed by atoms with E-state index in [2.05, 4.69) is 33.2 Å². The summed E-state index contributed by atoms with van der Waals surface area (Å²) in [5, 5.41) is 16.3. The van der Waals surface area contributed by atoms with Crippen LogP contribution < -0.4 is 21.1 Å². The van der Waals surface area contributed by atoms with Gasteiger partial charge in [0.15, 0.2) is 6.10 Å². The number of aromatic hydroxyl groups is 1. The summed E-state index contributed by atoms with van der Waals surface area (Å²) in [7, 11) is 0. The molecule has 5 N–H and O–H groups in total. The molecule has 0 radical (unpaired) electrons. The molecule has 0 bridgehead atoms. The standard InChI is InChI=1S/C33H32IN3O5/c1-22-15-18-24(19-16-22)36-33(40)42-32(26-21-23(34)17-20-29(26)38)30(41-25-9-3-2-4-10-25)13-7-8-14-31(39)37-28-12-6-5-11-27(28)35/h2-6,8-12,14-21,30,32,38H,7,13,35H2,1H3,(H,36,40)(H,37,39)/b14-8+/t30-,32-/m0/s1. The van der Waals surface area contributed by atoms with Crippen molar-refractivity contribution in [2.45, 2.75) is 32.0 Å². The number of benzene rings is 4. The van der Waals surface area contributed by atoms with E-state index < -0.39 is 18.3 Å². The average molecular weight is 678 g/mol. The highest BCUT2D eigenvalue weighted by Gasteiger charge is 2.31. The molecule has 42 heavy (non-hydrogen) atoms. The van der Waals surface area contributed by atoms with Crippen LogP contribution in [0, 0.1) is 10.5 Å². The summed E-state index contributed by atoms with van der Waals surface area (Å²) in [6, 6.07) is 28.6. The quantitative estimate of drug-likeness (QED) is 0.0737. The maximum atomic E-state index is 13.1. The van der Waals surface area contributed by atoms with Crippen LogP contribution in [0.25, 0.3) is 0 Å². The molecular formula is C33H32IN3O5. The molecule has 8 nitrogen and oxygen atoms in total. The fourth-order valence-electron chi connectivity index (χ4n) is 4.17. The fraction of sp³-hybridized carbons (Fsp3) is 0.152. The fourth-order valence-corrected chi connectivity index (χ4v) is 4.69. The lowest BCUT2D eigenvalue weighted by atomic mass is 9.99. The summed E-state index contributed by atoms with van der Waals surface area (Å²) >= 11 is 2.14. The Labute approximate surface area is 258 Å². The minimum absolute atomic E-state index is 0.0272. The molecule has 0 aliphatic rings. The van der Waals surface area contributed by atoms with Gasteiger partial charge in [0.1, 0.15) is 17.6 Å². The molecule has 2 amide bonds. The predicted molar refractivity (Wildman–Crippen MR) is 174 cm³/mol. The number of amides is 2. The van der Waals surface area contributed by atoms with Crippen LogP contribution in [0.1, 0.15) is 30.1 Å². The second-order valence-corrected chi connectivity index (χ2v) is 10.8. The van der Waals surface area contributed by atoms with Crippen LogP contribution in [-0.4, -0.2) is 23.2 Å². The van der Waals surface area contributed by atoms with Gasteiger partial charge in [-0.25, -0.2) is 4.79 Å². The van der Waals surface area contributed by atoms with Gasteiger partial charge >= 0.3 is 6.09 Å². The summed E-state index contributed by atoms with van der Waals surface area (Å²) in [5.74, 6) is 0.219. The van der Waals surface area contributed by atoms with Crippen molar-refractivity contribution < 1.29 is 24.2 Å². The van der Waals surface area contributed by atoms with Crippen LogP contribution in [0.15, 0.2) is 109 Å². The van der Waals surface area contributed by atoms with Gasteiger partial charge in [-0.15, -0.1) is 0 Å². The lowest BCUT2D eigenvalue weighted by molar-refractivity contribution is -0.111. The lowest BCUT2D eigenvalue weighted by Crippen LogP contribution is -2.31. The van der Waals surface area contributed by atoms with E-state index >= 15 is 0 Å². The molecule has 0 aliphatic carbocycles. The maximum Gasteiger partial charge on any atom is 0.412 e. The van der Waals surface area contributed by atoms with Crippen LogP contribution in [-0.2, 0) is 9.53 Å². The van der Waals surface area contributed by atoms with Gasteiger partial charge < -0.3 is 25.6 Å². The first-order valence-electron chi connectivity index (χ1n) is 13.3. The summed E-state index contributed by atoms with van der Waals surface area (Å²) in [6.45, 7) is 1.96. The van der Waals surface area contributed by atoms with E-state index in [9.17, 15) is 14.7 Å². The molecule has 0 aliphatic heterocycles. The number of para-hydroxylation sites is 3. The number of anilines is 3. The number of hydrogen-bond acceptors (Lipinski definition) is 6. The first-order valence-corrected chi connectivity index (χ1v) is 14.4. The number of allylic oxidation sites excluding steroid dienone is 1. The Morgan fingerprint density at radius 1 is 0.952 bits per heavy atom. The van der Waals surface area contributed by atoms with Gasteiger partial charge in [-0.2, -0.15) is 0 Å². The predicted octanol–water partition coefficient (Wildman–Crippen LogP) is 7.60. The third-order valence-corrected chi connectivity index (χ3v) is 6.97. The number of carbonyl (C=O) groups excluding carboxylic acids is 2. The topological polar surface area (TPSA) is 123 Å². The normalized spacial score (nSPS) is 12.3. The molecule has 0 spiro atoms. The Hall–Kier alpha value is -4.51. The number of ether oxygens (including phenoxy) is 2. The minimum atomic E-state index is -0.975. The van der Waals surface area contributed by atoms with E-state index in [1.54, 1.807) is 72.8 Å². The summed E-state index contributed by atoms with van der Waals surface area (Å²) in [5.41, 5.74) is 8.95. The van der Waals surface area contributed by atoms with Crippen molar-refractivity contribution in [2.75, 3.05) is 16.4 Å². The summed E-state index contributed by atoms with van der Waals surface area (Å²) in [4.78, 5) is 25.6. The van der Waals surface area contributed by atoms with Gasteiger partial charge in [-0.1, -0.05) is 54.1 Å². The highest BCUT2D eigenvalue weighted by molar-refractivity contribution is 14.1. The van der Waals surface area contributed by atoms with Crippen LogP contribution in [0.5, 0.6) is 11.5 Å². The van der Waals surface area contributed by atoms with Gasteiger partial charge in [0.25, 0.3) is 0 Å². The van der Waals surface area contributed by atoms with E-state index in [0.717, 1.165) is 9.13 Å². The van der Waals surface area contributed by atoms with Crippen molar-refractivity contribution in [1.29, 1.82) is 0 Å². The molecule has 0 aromatic heterocycles. The van der Waals surface area contributed by atoms with Crippen LogP contribution in [0.4, 0.5) is 21.9 Å². The highest BCUT2D eigenvalue weighted by Crippen LogP contribution is 2.35. The Morgan fingerprint density at radius 3 is 2.40 bits per heavy atom.